The number of nitrogens with zero attached hydrogens (tertiary/aromatic N) is 4. The molecular formula is C12H15N5O2S. The van der Waals surface area contributed by atoms with Crippen molar-refractivity contribution in [2.45, 2.75) is 18.1 Å². The molecule has 2 N–H and O–H groups in total. The first-order valence-electron chi connectivity index (χ1n) is 6.05. The van der Waals surface area contributed by atoms with Gasteiger partial charge < -0.3 is 10.4 Å². The van der Waals surface area contributed by atoms with Crippen LogP contribution in [0.2, 0.25) is 0 Å². The molecule has 0 unspecified atom stereocenters. The number of aromatic hydroxyl groups is 1. The molecule has 0 aliphatic heterocycles. The lowest BCUT2D eigenvalue weighted by Crippen LogP contribution is -2.23. The van der Waals surface area contributed by atoms with Crippen molar-refractivity contribution in [2.24, 2.45) is 7.05 Å². The van der Waals surface area contributed by atoms with Crippen LogP contribution < -0.4 is 5.32 Å². The van der Waals surface area contributed by atoms with E-state index in [2.05, 4.69) is 20.8 Å². The van der Waals surface area contributed by atoms with Crippen molar-refractivity contribution in [3.63, 3.8) is 0 Å². The summed E-state index contributed by atoms with van der Waals surface area (Å²) in [5.74, 6) is 0.762. The fraction of sp³-hybridized carbons (Fsp3) is 0.333. The Morgan fingerprint density at radius 1 is 1.50 bits per heavy atom. The van der Waals surface area contributed by atoms with Crippen LogP contribution in [-0.2, 0) is 18.4 Å². The van der Waals surface area contributed by atoms with Crippen LogP contribution in [0.3, 0.4) is 0 Å². The molecule has 0 fully saturated rings. The average molecular weight is 293 g/mol. The van der Waals surface area contributed by atoms with Crippen molar-refractivity contribution >= 4 is 17.7 Å². The fourth-order valence-electron chi connectivity index (χ4n) is 1.53. The molecular weight excluding hydrogens is 278 g/mol. The number of nitrogens with one attached hydrogen (secondary N) is 1. The molecule has 1 amide bonds. The second-order valence-corrected chi connectivity index (χ2v) is 5.19. The zero-order valence-electron chi connectivity index (χ0n) is 11.0. The predicted molar refractivity (Wildman–Crippen MR) is 74.1 cm³/mol. The Morgan fingerprint density at radius 2 is 2.35 bits per heavy atom. The second-order valence-electron chi connectivity index (χ2n) is 4.13. The Hall–Kier alpha value is -2.09. The highest BCUT2D eigenvalue weighted by atomic mass is 32.2. The topological polar surface area (TPSA) is 92.9 Å². The monoisotopic (exact) mass is 293 g/mol. The van der Waals surface area contributed by atoms with Crippen LogP contribution in [-0.4, -0.2) is 37.0 Å². The van der Waals surface area contributed by atoms with E-state index >= 15 is 0 Å². The molecule has 0 saturated heterocycles. The molecule has 106 valence electrons. The van der Waals surface area contributed by atoms with Crippen molar-refractivity contribution in [3.8, 4) is 5.75 Å². The van der Waals surface area contributed by atoms with Crippen LogP contribution in [0.15, 0.2) is 29.4 Å². The van der Waals surface area contributed by atoms with Crippen molar-refractivity contribution in [2.75, 3.05) is 5.75 Å². The number of aromatic nitrogens is 4. The standard InChI is InChI=1S/C12H15N5O2S/c1-17-12(14-15-16-17)20-6-5-11(19)13-8-9-3-2-4-10(18)7-9/h2-4,7,18H,5-6,8H2,1H3,(H,13,19). The number of aryl methyl sites for hydroxylation is 1. The van der Waals surface area contributed by atoms with Gasteiger partial charge in [0.05, 0.1) is 0 Å². The summed E-state index contributed by atoms with van der Waals surface area (Å²) >= 11 is 1.43. The van der Waals surface area contributed by atoms with Crippen LogP contribution in [0.5, 0.6) is 5.75 Å². The van der Waals surface area contributed by atoms with E-state index in [1.165, 1.54) is 11.8 Å². The third kappa shape index (κ3) is 4.23. The van der Waals surface area contributed by atoms with Crippen LogP contribution in [0.4, 0.5) is 0 Å². The van der Waals surface area contributed by atoms with Gasteiger partial charge in [0.1, 0.15) is 5.75 Å². The minimum Gasteiger partial charge on any atom is -0.508 e. The summed E-state index contributed by atoms with van der Waals surface area (Å²) < 4.78 is 1.56. The zero-order valence-corrected chi connectivity index (χ0v) is 11.8. The minimum absolute atomic E-state index is 0.0454. The molecule has 2 rings (SSSR count). The summed E-state index contributed by atoms with van der Waals surface area (Å²) in [6.45, 7) is 0.406. The van der Waals surface area contributed by atoms with Gasteiger partial charge in [0.25, 0.3) is 0 Å². The Balaban J connectivity index is 1.69. The van der Waals surface area contributed by atoms with Gasteiger partial charge in [0, 0.05) is 25.8 Å². The van der Waals surface area contributed by atoms with Gasteiger partial charge in [-0.1, -0.05) is 23.9 Å². The lowest BCUT2D eigenvalue weighted by atomic mass is 10.2. The first-order chi connectivity index (χ1) is 9.65. The fourth-order valence-corrected chi connectivity index (χ4v) is 2.32. The van der Waals surface area contributed by atoms with E-state index in [9.17, 15) is 9.90 Å². The second kappa shape index (κ2) is 6.90. The van der Waals surface area contributed by atoms with E-state index in [0.717, 1.165) is 5.56 Å². The average Bonchev–Trinajstić information content (AvgIpc) is 2.82. The summed E-state index contributed by atoms with van der Waals surface area (Å²) in [5, 5.41) is 23.9. The maximum absolute atomic E-state index is 11.7. The molecule has 20 heavy (non-hydrogen) atoms. The van der Waals surface area contributed by atoms with Gasteiger partial charge >= 0.3 is 0 Å². The van der Waals surface area contributed by atoms with Gasteiger partial charge in [0.2, 0.25) is 11.1 Å². The molecule has 0 spiro atoms. The van der Waals surface area contributed by atoms with Gasteiger partial charge in [-0.05, 0) is 28.1 Å². The number of amides is 1. The highest BCUT2D eigenvalue weighted by molar-refractivity contribution is 7.99. The molecule has 2 aromatic rings. The molecule has 0 atom stereocenters. The van der Waals surface area contributed by atoms with Crippen molar-refractivity contribution in [3.05, 3.63) is 29.8 Å². The number of rotatable bonds is 6. The molecule has 0 aliphatic carbocycles. The molecule has 0 aliphatic rings. The Morgan fingerprint density at radius 3 is 3.05 bits per heavy atom. The normalized spacial score (nSPS) is 10.4. The Kier molecular flexibility index (Phi) is 4.94. The van der Waals surface area contributed by atoms with Crippen LogP contribution in [0, 0.1) is 0 Å². The van der Waals surface area contributed by atoms with Crippen LogP contribution in [0.25, 0.3) is 0 Å². The maximum Gasteiger partial charge on any atom is 0.221 e. The molecule has 8 heteroatoms. The number of thioether (sulfide) groups is 1. The SMILES string of the molecule is Cn1nnnc1SCCC(=O)NCc1cccc(O)c1. The van der Waals surface area contributed by atoms with Gasteiger partial charge in [-0.15, -0.1) is 5.10 Å². The van der Waals surface area contributed by atoms with Crippen LogP contribution in [0.1, 0.15) is 12.0 Å². The van der Waals surface area contributed by atoms with Gasteiger partial charge in [-0.2, -0.15) is 0 Å². The first-order valence-corrected chi connectivity index (χ1v) is 7.03. The van der Waals surface area contributed by atoms with E-state index in [-0.39, 0.29) is 11.7 Å². The number of carbonyl (C=O) groups is 1. The summed E-state index contributed by atoms with van der Waals surface area (Å²) in [6, 6.07) is 6.81. The minimum atomic E-state index is -0.0454. The lowest BCUT2D eigenvalue weighted by molar-refractivity contribution is -0.120. The molecule has 1 aromatic carbocycles. The molecule has 1 aromatic heterocycles. The summed E-state index contributed by atoms with van der Waals surface area (Å²) in [5.41, 5.74) is 0.864. The Bertz CT molecular complexity index is 587. The summed E-state index contributed by atoms with van der Waals surface area (Å²) in [6.07, 6.45) is 0.385. The van der Waals surface area contributed by atoms with Gasteiger partial charge in [0.15, 0.2) is 0 Å². The summed E-state index contributed by atoms with van der Waals surface area (Å²) in [4.78, 5) is 11.7. The van der Waals surface area contributed by atoms with E-state index in [0.29, 0.717) is 23.9 Å². The van der Waals surface area contributed by atoms with E-state index in [1.807, 2.05) is 6.07 Å². The molecule has 1 heterocycles. The van der Waals surface area contributed by atoms with E-state index in [4.69, 9.17) is 0 Å². The number of benzene rings is 1. The molecule has 7 nitrogen and oxygen atoms in total. The highest BCUT2D eigenvalue weighted by Gasteiger charge is 2.06. The smallest absolute Gasteiger partial charge is 0.221 e. The maximum atomic E-state index is 11.7. The lowest BCUT2D eigenvalue weighted by Gasteiger charge is -2.05. The van der Waals surface area contributed by atoms with Crippen molar-refractivity contribution < 1.29 is 9.90 Å². The van der Waals surface area contributed by atoms with E-state index in [1.54, 1.807) is 29.9 Å². The van der Waals surface area contributed by atoms with Gasteiger partial charge in [-0.3, -0.25) is 4.79 Å². The number of hydrogen-bond acceptors (Lipinski definition) is 6. The number of phenols is 1. The quantitative estimate of drug-likeness (QED) is 0.762. The largest absolute Gasteiger partial charge is 0.508 e. The zero-order chi connectivity index (χ0) is 14.4. The van der Waals surface area contributed by atoms with E-state index < -0.39 is 0 Å². The highest BCUT2D eigenvalue weighted by Crippen LogP contribution is 2.13. The van der Waals surface area contributed by atoms with Gasteiger partial charge in [-0.25, -0.2) is 4.68 Å². The van der Waals surface area contributed by atoms with Crippen molar-refractivity contribution in [1.29, 1.82) is 0 Å². The number of phenolic OH excluding ortho intramolecular Hbond substituents is 1. The first kappa shape index (κ1) is 14.3. The number of hydrogen-bond donors (Lipinski definition) is 2. The molecule has 0 radical (unpaired) electrons. The third-order valence-electron chi connectivity index (χ3n) is 2.54. The Labute approximate surface area is 120 Å². The third-order valence-corrected chi connectivity index (χ3v) is 3.55. The van der Waals surface area contributed by atoms with Crippen molar-refractivity contribution in [1.82, 2.24) is 25.5 Å². The predicted octanol–water partition coefficient (Wildman–Crippen LogP) is 0.714. The molecule has 0 saturated carbocycles. The molecule has 0 bridgehead atoms. The summed E-state index contributed by atoms with van der Waals surface area (Å²) in [7, 11) is 1.75. The number of carbonyl (C=O) groups excluding carboxylic acids is 1. The van der Waals surface area contributed by atoms with Crippen LogP contribution >= 0.6 is 11.8 Å². The number of tetrazole rings is 1.